The first-order valence-electron chi connectivity index (χ1n) is 8.82. The second kappa shape index (κ2) is 8.44. The maximum atomic E-state index is 12.6. The number of methoxy groups -OCH3 is 2. The standard InChI is InChI=1S/C21H22ClNO4/c1-26-19-11-15-9-10-23(13-16(15)12-20(19)27-2)21(25)8-7-18(24)14-3-5-17(22)6-4-14/h3-6,11-12H,7-10,13H2,1-2H3. The summed E-state index contributed by atoms with van der Waals surface area (Å²) in [6.07, 6.45) is 1.15. The second-order valence-electron chi connectivity index (χ2n) is 6.47. The van der Waals surface area contributed by atoms with E-state index >= 15 is 0 Å². The van der Waals surface area contributed by atoms with Gasteiger partial charge in [0.15, 0.2) is 17.3 Å². The predicted molar refractivity (Wildman–Crippen MR) is 104 cm³/mol. The third kappa shape index (κ3) is 4.42. The Balaban J connectivity index is 1.62. The molecule has 1 aliphatic heterocycles. The Morgan fingerprint density at radius 3 is 2.26 bits per heavy atom. The van der Waals surface area contributed by atoms with Crippen molar-refractivity contribution in [1.29, 1.82) is 0 Å². The van der Waals surface area contributed by atoms with E-state index in [-0.39, 0.29) is 24.5 Å². The number of ketones is 1. The summed E-state index contributed by atoms with van der Waals surface area (Å²) >= 11 is 5.84. The molecule has 27 heavy (non-hydrogen) atoms. The lowest BCUT2D eigenvalue weighted by molar-refractivity contribution is -0.132. The van der Waals surface area contributed by atoms with Crippen molar-refractivity contribution in [3.05, 3.63) is 58.1 Å². The van der Waals surface area contributed by atoms with E-state index in [1.165, 1.54) is 0 Å². The number of Topliss-reactive ketones (excluding diaryl/α,β-unsaturated/α-hetero) is 1. The van der Waals surface area contributed by atoms with Gasteiger partial charge in [-0.3, -0.25) is 9.59 Å². The topological polar surface area (TPSA) is 55.8 Å². The summed E-state index contributed by atoms with van der Waals surface area (Å²) in [5.41, 5.74) is 2.79. The maximum Gasteiger partial charge on any atom is 0.223 e. The Labute approximate surface area is 163 Å². The average molecular weight is 388 g/mol. The van der Waals surface area contributed by atoms with E-state index in [2.05, 4.69) is 0 Å². The minimum absolute atomic E-state index is 0.0160. The van der Waals surface area contributed by atoms with Crippen LogP contribution >= 0.6 is 11.6 Å². The molecule has 3 rings (SSSR count). The lowest BCUT2D eigenvalue weighted by Crippen LogP contribution is -2.36. The maximum absolute atomic E-state index is 12.6. The molecule has 0 radical (unpaired) electrons. The summed E-state index contributed by atoms with van der Waals surface area (Å²) < 4.78 is 10.7. The molecule has 0 bridgehead atoms. The number of fused-ring (bicyclic) bond motifs is 1. The normalized spacial score (nSPS) is 13.1. The molecule has 0 saturated carbocycles. The lowest BCUT2D eigenvalue weighted by atomic mass is 9.98. The van der Waals surface area contributed by atoms with E-state index in [4.69, 9.17) is 21.1 Å². The minimum Gasteiger partial charge on any atom is -0.493 e. The van der Waals surface area contributed by atoms with Gasteiger partial charge in [-0.05, 0) is 53.9 Å². The van der Waals surface area contributed by atoms with Gasteiger partial charge in [0.05, 0.1) is 14.2 Å². The number of ether oxygens (including phenoxy) is 2. The number of amides is 1. The highest BCUT2D eigenvalue weighted by atomic mass is 35.5. The van der Waals surface area contributed by atoms with Gasteiger partial charge in [-0.15, -0.1) is 0 Å². The van der Waals surface area contributed by atoms with Crippen molar-refractivity contribution in [3.8, 4) is 11.5 Å². The molecule has 1 amide bonds. The van der Waals surface area contributed by atoms with Crippen molar-refractivity contribution in [2.75, 3.05) is 20.8 Å². The monoisotopic (exact) mass is 387 g/mol. The van der Waals surface area contributed by atoms with Gasteiger partial charge in [0.25, 0.3) is 0 Å². The molecule has 6 heteroatoms. The number of nitrogens with zero attached hydrogens (tertiary/aromatic N) is 1. The number of carbonyl (C=O) groups is 2. The third-order valence-electron chi connectivity index (χ3n) is 4.80. The van der Waals surface area contributed by atoms with Crippen molar-refractivity contribution >= 4 is 23.3 Å². The van der Waals surface area contributed by atoms with Gasteiger partial charge in [0.2, 0.25) is 5.91 Å². The van der Waals surface area contributed by atoms with Crippen LogP contribution in [0.25, 0.3) is 0 Å². The van der Waals surface area contributed by atoms with Crippen molar-refractivity contribution in [2.24, 2.45) is 0 Å². The molecule has 0 N–H and O–H groups in total. The Bertz CT molecular complexity index is 848. The summed E-state index contributed by atoms with van der Waals surface area (Å²) in [6.45, 7) is 1.15. The first kappa shape index (κ1) is 19.2. The Kier molecular flexibility index (Phi) is 6.01. The highest BCUT2D eigenvalue weighted by Gasteiger charge is 2.23. The SMILES string of the molecule is COc1cc2c(cc1OC)CN(C(=O)CCC(=O)c1ccc(Cl)cc1)CC2. The van der Waals surface area contributed by atoms with Gasteiger partial charge in [0, 0.05) is 36.5 Å². The molecule has 5 nitrogen and oxygen atoms in total. The fraction of sp³-hybridized carbons (Fsp3) is 0.333. The van der Waals surface area contributed by atoms with Crippen LogP contribution < -0.4 is 9.47 Å². The molecule has 142 valence electrons. The summed E-state index contributed by atoms with van der Waals surface area (Å²) in [6, 6.07) is 10.6. The first-order valence-corrected chi connectivity index (χ1v) is 9.20. The highest BCUT2D eigenvalue weighted by Crippen LogP contribution is 2.33. The third-order valence-corrected chi connectivity index (χ3v) is 5.05. The van der Waals surface area contributed by atoms with Crippen molar-refractivity contribution in [2.45, 2.75) is 25.8 Å². The van der Waals surface area contributed by atoms with Crippen molar-refractivity contribution in [1.82, 2.24) is 4.90 Å². The van der Waals surface area contributed by atoms with Crippen LogP contribution in [0, 0.1) is 0 Å². The van der Waals surface area contributed by atoms with Crippen LogP contribution in [0.5, 0.6) is 11.5 Å². The molecule has 0 saturated heterocycles. The molecule has 0 aromatic heterocycles. The molecule has 0 unspecified atom stereocenters. The fourth-order valence-electron chi connectivity index (χ4n) is 3.25. The highest BCUT2D eigenvalue weighted by molar-refractivity contribution is 6.30. The van der Waals surface area contributed by atoms with E-state index in [9.17, 15) is 9.59 Å². The molecule has 0 fully saturated rings. The van der Waals surface area contributed by atoms with E-state index in [1.54, 1.807) is 43.4 Å². The number of carbonyl (C=O) groups excluding carboxylic acids is 2. The molecule has 0 spiro atoms. The smallest absolute Gasteiger partial charge is 0.223 e. The summed E-state index contributed by atoms with van der Waals surface area (Å²) in [5.74, 6) is 1.29. The second-order valence-corrected chi connectivity index (χ2v) is 6.91. The Morgan fingerprint density at radius 2 is 1.63 bits per heavy atom. The van der Waals surface area contributed by atoms with E-state index in [1.807, 2.05) is 12.1 Å². The zero-order chi connectivity index (χ0) is 19.4. The number of benzene rings is 2. The quantitative estimate of drug-likeness (QED) is 0.705. The Hall–Kier alpha value is -2.53. The van der Waals surface area contributed by atoms with Crippen molar-refractivity contribution in [3.63, 3.8) is 0 Å². The average Bonchev–Trinajstić information content (AvgIpc) is 2.70. The van der Waals surface area contributed by atoms with Crippen LogP contribution in [-0.4, -0.2) is 37.4 Å². The van der Waals surface area contributed by atoms with Gasteiger partial charge in [0.1, 0.15) is 0 Å². The van der Waals surface area contributed by atoms with Crippen molar-refractivity contribution < 1.29 is 19.1 Å². The van der Waals surface area contributed by atoms with E-state index in [0.29, 0.717) is 35.2 Å². The zero-order valence-corrected chi connectivity index (χ0v) is 16.2. The minimum atomic E-state index is -0.0520. The lowest BCUT2D eigenvalue weighted by Gasteiger charge is -2.29. The van der Waals surface area contributed by atoms with E-state index < -0.39 is 0 Å². The van der Waals surface area contributed by atoms with Crippen LogP contribution in [0.1, 0.15) is 34.3 Å². The van der Waals surface area contributed by atoms with Crippen LogP contribution in [0.15, 0.2) is 36.4 Å². The Morgan fingerprint density at radius 1 is 1.00 bits per heavy atom. The molecule has 0 atom stereocenters. The first-order chi connectivity index (χ1) is 13.0. The summed E-state index contributed by atoms with van der Waals surface area (Å²) in [7, 11) is 3.21. The summed E-state index contributed by atoms with van der Waals surface area (Å²) in [5, 5.41) is 0.585. The largest absolute Gasteiger partial charge is 0.493 e. The van der Waals surface area contributed by atoms with E-state index in [0.717, 1.165) is 17.5 Å². The number of halogens is 1. The van der Waals surface area contributed by atoms with Gasteiger partial charge in [-0.1, -0.05) is 11.6 Å². The molecule has 0 aliphatic carbocycles. The van der Waals surface area contributed by atoms with Gasteiger partial charge in [-0.25, -0.2) is 0 Å². The molecular formula is C21H22ClNO4. The number of hydrogen-bond donors (Lipinski definition) is 0. The fourth-order valence-corrected chi connectivity index (χ4v) is 3.38. The van der Waals surface area contributed by atoms with Gasteiger partial charge < -0.3 is 14.4 Å². The van der Waals surface area contributed by atoms with Crippen LogP contribution in [0.4, 0.5) is 0 Å². The molecule has 1 heterocycles. The molecule has 2 aromatic carbocycles. The number of hydrogen-bond acceptors (Lipinski definition) is 4. The molecule has 1 aliphatic rings. The van der Waals surface area contributed by atoms with Crippen LogP contribution in [0.3, 0.4) is 0 Å². The molecular weight excluding hydrogens is 366 g/mol. The zero-order valence-electron chi connectivity index (χ0n) is 15.5. The van der Waals surface area contributed by atoms with Crippen LogP contribution in [0.2, 0.25) is 5.02 Å². The van der Waals surface area contributed by atoms with Gasteiger partial charge >= 0.3 is 0 Å². The number of rotatable bonds is 6. The van der Waals surface area contributed by atoms with Crippen LogP contribution in [-0.2, 0) is 17.8 Å². The van der Waals surface area contributed by atoms with Gasteiger partial charge in [-0.2, -0.15) is 0 Å². The summed E-state index contributed by atoms with van der Waals surface area (Å²) in [4.78, 5) is 26.6. The predicted octanol–water partition coefficient (Wildman–Crippen LogP) is 3.91. The molecule has 2 aromatic rings.